The zero-order chi connectivity index (χ0) is 13.9. The Hall–Kier alpha value is -2.01. The second-order valence-electron chi connectivity index (χ2n) is 4.78. The van der Waals surface area contributed by atoms with E-state index in [4.69, 9.17) is 13.9 Å². The van der Waals surface area contributed by atoms with E-state index in [9.17, 15) is 0 Å². The minimum absolute atomic E-state index is 0.223. The molecule has 5 heteroatoms. The van der Waals surface area contributed by atoms with Gasteiger partial charge in [-0.05, 0) is 37.6 Å². The number of oxazole rings is 1. The number of rotatable bonds is 4. The lowest BCUT2D eigenvalue weighted by Crippen LogP contribution is -2.12. The van der Waals surface area contributed by atoms with E-state index in [-0.39, 0.29) is 6.04 Å². The third kappa shape index (κ3) is 2.36. The SMILES string of the molecule is COc1ccc(OC)c(-c2cnc(C3CCCN3)o2)c1. The van der Waals surface area contributed by atoms with E-state index in [1.807, 2.05) is 18.2 Å². The zero-order valence-corrected chi connectivity index (χ0v) is 11.7. The first-order valence-electron chi connectivity index (χ1n) is 6.73. The van der Waals surface area contributed by atoms with Crippen LogP contribution < -0.4 is 14.8 Å². The van der Waals surface area contributed by atoms with Gasteiger partial charge in [0.2, 0.25) is 5.89 Å². The molecule has 1 aromatic carbocycles. The van der Waals surface area contributed by atoms with Gasteiger partial charge in [0, 0.05) is 0 Å². The lowest BCUT2D eigenvalue weighted by atomic mass is 10.1. The van der Waals surface area contributed by atoms with Gasteiger partial charge in [0.15, 0.2) is 5.76 Å². The number of hydrogen-bond donors (Lipinski definition) is 1. The first-order chi connectivity index (χ1) is 9.81. The average molecular weight is 274 g/mol. The Morgan fingerprint density at radius 1 is 1.30 bits per heavy atom. The summed E-state index contributed by atoms with van der Waals surface area (Å²) in [6.07, 6.45) is 3.96. The monoisotopic (exact) mass is 274 g/mol. The van der Waals surface area contributed by atoms with Gasteiger partial charge in [0.25, 0.3) is 0 Å². The van der Waals surface area contributed by atoms with E-state index >= 15 is 0 Å². The van der Waals surface area contributed by atoms with Gasteiger partial charge in [0.1, 0.15) is 11.5 Å². The highest BCUT2D eigenvalue weighted by molar-refractivity contribution is 5.67. The van der Waals surface area contributed by atoms with Crippen LogP contribution in [0.25, 0.3) is 11.3 Å². The molecule has 2 heterocycles. The third-order valence-corrected chi connectivity index (χ3v) is 3.55. The highest BCUT2D eigenvalue weighted by atomic mass is 16.5. The third-order valence-electron chi connectivity index (χ3n) is 3.55. The van der Waals surface area contributed by atoms with Gasteiger partial charge in [-0.25, -0.2) is 4.98 Å². The van der Waals surface area contributed by atoms with Crippen LogP contribution in [0.2, 0.25) is 0 Å². The molecule has 1 aliphatic heterocycles. The van der Waals surface area contributed by atoms with Gasteiger partial charge in [-0.15, -0.1) is 0 Å². The van der Waals surface area contributed by atoms with Crippen molar-refractivity contribution < 1.29 is 13.9 Å². The van der Waals surface area contributed by atoms with E-state index in [1.54, 1.807) is 20.4 Å². The summed E-state index contributed by atoms with van der Waals surface area (Å²) in [6, 6.07) is 5.84. The van der Waals surface area contributed by atoms with Crippen LogP contribution in [0, 0.1) is 0 Å². The zero-order valence-electron chi connectivity index (χ0n) is 11.7. The van der Waals surface area contributed by atoms with E-state index in [1.165, 1.54) is 0 Å². The number of methoxy groups -OCH3 is 2. The molecule has 0 spiro atoms. The first kappa shape index (κ1) is 13.0. The molecular weight excluding hydrogens is 256 g/mol. The van der Waals surface area contributed by atoms with Crippen molar-refractivity contribution in [3.63, 3.8) is 0 Å². The van der Waals surface area contributed by atoms with Crippen LogP contribution in [-0.4, -0.2) is 25.7 Å². The van der Waals surface area contributed by atoms with Crippen molar-refractivity contribution in [2.45, 2.75) is 18.9 Å². The molecular formula is C15H18N2O3. The molecule has 1 aliphatic rings. The molecule has 1 atom stereocenters. The molecule has 0 bridgehead atoms. The van der Waals surface area contributed by atoms with E-state index in [2.05, 4.69) is 10.3 Å². The molecule has 20 heavy (non-hydrogen) atoms. The van der Waals surface area contributed by atoms with Crippen molar-refractivity contribution in [1.82, 2.24) is 10.3 Å². The smallest absolute Gasteiger partial charge is 0.212 e. The second-order valence-corrected chi connectivity index (χ2v) is 4.78. The Kier molecular flexibility index (Phi) is 3.60. The number of hydrogen-bond acceptors (Lipinski definition) is 5. The predicted molar refractivity (Wildman–Crippen MR) is 75.0 cm³/mol. The number of nitrogens with zero attached hydrogens (tertiary/aromatic N) is 1. The van der Waals surface area contributed by atoms with Crippen molar-refractivity contribution >= 4 is 0 Å². The fourth-order valence-corrected chi connectivity index (χ4v) is 2.48. The summed E-state index contributed by atoms with van der Waals surface area (Å²) < 4.78 is 16.5. The Bertz CT molecular complexity index is 589. The summed E-state index contributed by atoms with van der Waals surface area (Å²) in [5, 5.41) is 3.38. The molecule has 5 nitrogen and oxygen atoms in total. The van der Waals surface area contributed by atoms with Crippen LogP contribution in [0.15, 0.2) is 28.8 Å². The molecule has 3 rings (SSSR count). The lowest BCUT2D eigenvalue weighted by Gasteiger charge is -2.08. The minimum Gasteiger partial charge on any atom is -0.497 e. The van der Waals surface area contributed by atoms with Gasteiger partial charge in [0.05, 0.1) is 32.0 Å². The largest absolute Gasteiger partial charge is 0.497 e. The van der Waals surface area contributed by atoms with Gasteiger partial charge < -0.3 is 19.2 Å². The molecule has 0 amide bonds. The van der Waals surface area contributed by atoms with Gasteiger partial charge in [-0.2, -0.15) is 0 Å². The molecule has 0 radical (unpaired) electrons. The molecule has 106 valence electrons. The predicted octanol–water partition coefficient (Wildman–Crippen LogP) is 2.78. The van der Waals surface area contributed by atoms with Crippen molar-refractivity contribution in [3.8, 4) is 22.8 Å². The van der Waals surface area contributed by atoms with Crippen LogP contribution in [0.4, 0.5) is 0 Å². The van der Waals surface area contributed by atoms with Gasteiger partial charge >= 0.3 is 0 Å². The van der Waals surface area contributed by atoms with Crippen LogP contribution >= 0.6 is 0 Å². The van der Waals surface area contributed by atoms with E-state index in [0.717, 1.165) is 42.3 Å². The quantitative estimate of drug-likeness (QED) is 0.929. The standard InChI is InChI=1S/C15H18N2O3/c1-18-10-5-6-13(19-2)11(8-10)14-9-17-15(20-14)12-4-3-7-16-12/h5-6,8-9,12,16H,3-4,7H2,1-2H3. The number of nitrogens with one attached hydrogen (secondary N) is 1. The highest BCUT2D eigenvalue weighted by Gasteiger charge is 2.22. The summed E-state index contributed by atoms with van der Waals surface area (Å²) in [7, 11) is 3.28. The molecule has 1 fully saturated rings. The van der Waals surface area contributed by atoms with Gasteiger partial charge in [-0.1, -0.05) is 0 Å². The van der Waals surface area contributed by atoms with Crippen LogP contribution in [0.5, 0.6) is 11.5 Å². The summed E-state index contributed by atoms with van der Waals surface area (Å²) in [5.74, 6) is 2.94. The maximum absolute atomic E-state index is 5.89. The maximum Gasteiger partial charge on any atom is 0.212 e. The number of ether oxygens (including phenoxy) is 2. The van der Waals surface area contributed by atoms with Crippen molar-refractivity contribution in [2.75, 3.05) is 20.8 Å². The fourth-order valence-electron chi connectivity index (χ4n) is 2.48. The maximum atomic E-state index is 5.89. The molecule has 0 aliphatic carbocycles. The van der Waals surface area contributed by atoms with Crippen molar-refractivity contribution in [2.24, 2.45) is 0 Å². The summed E-state index contributed by atoms with van der Waals surface area (Å²) in [6.45, 7) is 1.02. The molecule has 1 unspecified atom stereocenters. The van der Waals surface area contributed by atoms with Gasteiger partial charge in [-0.3, -0.25) is 0 Å². The van der Waals surface area contributed by atoms with Crippen molar-refractivity contribution in [3.05, 3.63) is 30.3 Å². The highest BCUT2D eigenvalue weighted by Crippen LogP contribution is 2.35. The minimum atomic E-state index is 0.223. The van der Waals surface area contributed by atoms with Crippen LogP contribution in [0.1, 0.15) is 24.8 Å². The Labute approximate surface area is 117 Å². The first-order valence-corrected chi connectivity index (χ1v) is 6.73. The second kappa shape index (κ2) is 5.54. The normalized spacial score (nSPS) is 18.2. The van der Waals surface area contributed by atoms with Crippen LogP contribution in [0.3, 0.4) is 0 Å². The number of benzene rings is 1. The average Bonchev–Trinajstić information content (AvgIpc) is 3.17. The number of aromatic nitrogens is 1. The molecule has 1 aromatic heterocycles. The fraction of sp³-hybridized carbons (Fsp3) is 0.400. The van der Waals surface area contributed by atoms with Crippen LogP contribution in [-0.2, 0) is 0 Å². The molecule has 1 saturated heterocycles. The van der Waals surface area contributed by atoms with Crippen molar-refractivity contribution in [1.29, 1.82) is 0 Å². The summed E-state index contributed by atoms with van der Waals surface area (Å²) in [4.78, 5) is 4.38. The Morgan fingerprint density at radius 3 is 2.90 bits per heavy atom. The Balaban J connectivity index is 1.95. The molecule has 1 N–H and O–H groups in total. The Morgan fingerprint density at radius 2 is 2.20 bits per heavy atom. The topological polar surface area (TPSA) is 56.5 Å². The lowest BCUT2D eigenvalue weighted by molar-refractivity contribution is 0.400. The van der Waals surface area contributed by atoms with E-state index < -0.39 is 0 Å². The molecule has 2 aromatic rings. The van der Waals surface area contributed by atoms with E-state index in [0.29, 0.717) is 5.76 Å². The molecule has 0 saturated carbocycles. The summed E-state index contributed by atoms with van der Waals surface area (Å²) >= 11 is 0. The summed E-state index contributed by atoms with van der Waals surface area (Å²) in [5.41, 5.74) is 0.851.